The molecule has 1 heterocycles. The smallest absolute Gasteiger partial charge is 0.0750 e. The van der Waals surface area contributed by atoms with E-state index in [-0.39, 0.29) is 17.3 Å². The van der Waals surface area contributed by atoms with E-state index in [1.165, 1.54) is 24.8 Å². The summed E-state index contributed by atoms with van der Waals surface area (Å²) in [7, 11) is 4.24. The quantitative estimate of drug-likeness (QED) is 0.789. The molecule has 1 aliphatic rings. The molecular weight excluding hydrogens is 267 g/mol. The molecule has 0 N–H and O–H groups in total. The van der Waals surface area contributed by atoms with Gasteiger partial charge in [-0.1, -0.05) is 18.9 Å². The Labute approximate surface area is 121 Å². The van der Waals surface area contributed by atoms with Gasteiger partial charge in [0, 0.05) is 18.9 Å². The predicted molar refractivity (Wildman–Crippen MR) is 79.5 cm³/mol. The SMILES string of the molecule is CN(C)CC1CCCCC1(Cl)c1cccnc1.Cl. The molecule has 1 aromatic rings. The second kappa shape index (κ2) is 6.74. The first-order valence-electron chi connectivity index (χ1n) is 6.37. The van der Waals surface area contributed by atoms with E-state index in [4.69, 9.17) is 11.6 Å². The summed E-state index contributed by atoms with van der Waals surface area (Å²) in [5.41, 5.74) is 1.19. The second-order valence-corrected chi connectivity index (χ2v) is 5.98. The van der Waals surface area contributed by atoms with Gasteiger partial charge in [0.15, 0.2) is 0 Å². The standard InChI is InChI=1S/C14H21ClN2.ClH/c1-17(2)11-13-6-3-4-8-14(13,15)12-7-5-9-16-10-12;/h5,7,9-10,13H,3-4,6,8,11H2,1-2H3;1H. The minimum Gasteiger partial charge on any atom is -0.309 e. The number of rotatable bonds is 3. The van der Waals surface area contributed by atoms with Crippen LogP contribution in [0.5, 0.6) is 0 Å². The summed E-state index contributed by atoms with van der Waals surface area (Å²) in [6, 6.07) is 4.11. The molecule has 2 atom stereocenters. The van der Waals surface area contributed by atoms with Crippen molar-refractivity contribution in [2.24, 2.45) is 5.92 Å². The molecule has 1 saturated carbocycles. The van der Waals surface area contributed by atoms with Crippen molar-refractivity contribution in [1.82, 2.24) is 9.88 Å². The Kier molecular flexibility index (Phi) is 5.90. The van der Waals surface area contributed by atoms with Crippen LogP contribution in [0.3, 0.4) is 0 Å². The van der Waals surface area contributed by atoms with Gasteiger partial charge in [-0.3, -0.25) is 4.98 Å². The van der Waals surface area contributed by atoms with Gasteiger partial charge in [-0.2, -0.15) is 0 Å². The molecule has 4 heteroatoms. The second-order valence-electron chi connectivity index (χ2n) is 5.31. The van der Waals surface area contributed by atoms with Crippen LogP contribution < -0.4 is 0 Å². The zero-order chi connectivity index (χ0) is 12.3. The summed E-state index contributed by atoms with van der Waals surface area (Å²) in [5, 5.41) is 0. The molecule has 1 aromatic heterocycles. The van der Waals surface area contributed by atoms with Gasteiger partial charge in [0.25, 0.3) is 0 Å². The summed E-state index contributed by atoms with van der Waals surface area (Å²) in [6.07, 6.45) is 8.55. The minimum absolute atomic E-state index is 0. The largest absolute Gasteiger partial charge is 0.309 e. The van der Waals surface area contributed by atoms with E-state index in [1.807, 2.05) is 18.5 Å². The molecule has 1 aliphatic carbocycles. The summed E-state index contributed by atoms with van der Waals surface area (Å²) >= 11 is 6.94. The molecule has 0 amide bonds. The molecule has 2 unspecified atom stereocenters. The van der Waals surface area contributed by atoms with Crippen LogP contribution in [-0.4, -0.2) is 30.5 Å². The Morgan fingerprint density at radius 2 is 2.22 bits per heavy atom. The summed E-state index contributed by atoms with van der Waals surface area (Å²) in [4.78, 5) is 6.25. The van der Waals surface area contributed by atoms with Crippen LogP contribution in [0.4, 0.5) is 0 Å². The van der Waals surface area contributed by atoms with E-state index < -0.39 is 0 Å². The van der Waals surface area contributed by atoms with Crippen LogP contribution in [0, 0.1) is 5.92 Å². The summed E-state index contributed by atoms with van der Waals surface area (Å²) in [6.45, 7) is 1.05. The van der Waals surface area contributed by atoms with Gasteiger partial charge >= 0.3 is 0 Å². The highest BCUT2D eigenvalue weighted by atomic mass is 35.5. The number of nitrogens with zero attached hydrogens (tertiary/aromatic N) is 2. The molecule has 0 saturated heterocycles. The van der Waals surface area contributed by atoms with E-state index >= 15 is 0 Å². The third-order valence-corrected chi connectivity index (χ3v) is 4.43. The summed E-state index contributed by atoms with van der Waals surface area (Å²) in [5.74, 6) is 0.525. The van der Waals surface area contributed by atoms with Gasteiger partial charge in [-0.05, 0) is 44.5 Å². The van der Waals surface area contributed by atoms with Gasteiger partial charge in [-0.15, -0.1) is 24.0 Å². The van der Waals surface area contributed by atoms with Gasteiger partial charge in [0.1, 0.15) is 0 Å². The van der Waals surface area contributed by atoms with Crippen molar-refractivity contribution < 1.29 is 0 Å². The maximum Gasteiger partial charge on any atom is 0.0750 e. The lowest BCUT2D eigenvalue weighted by molar-refractivity contribution is 0.207. The Morgan fingerprint density at radius 3 is 2.83 bits per heavy atom. The Morgan fingerprint density at radius 1 is 1.44 bits per heavy atom. The predicted octanol–water partition coefficient (Wildman–Crippen LogP) is 3.69. The molecule has 102 valence electrons. The van der Waals surface area contributed by atoms with Crippen molar-refractivity contribution in [1.29, 1.82) is 0 Å². The lowest BCUT2D eigenvalue weighted by atomic mass is 9.75. The average Bonchev–Trinajstić information content (AvgIpc) is 2.33. The van der Waals surface area contributed by atoms with Crippen molar-refractivity contribution >= 4 is 24.0 Å². The first-order valence-corrected chi connectivity index (χ1v) is 6.75. The number of hydrogen-bond acceptors (Lipinski definition) is 2. The molecule has 0 spiro atoms. The van der Waals surface area contributed by atoms with Crippen LogP contribution in [0.15, 0.2) is 24.5 Å². The van der Waals surface area contributed by atoms with Gasteiger partial charge in [0.05, 0.1) is 4.87 Å². The van der Waals surface area contributed by atoms with Gasteiger partial charge in [-0.25, -0.2) is 0 Å². The lowest BCUT2D eigenvalue weighted by Crippen LogP contribution is -2.39. The highest BCUT2D eigenvalue weighted by molar-refractivity contribution is 6.24. The zero-order valence-corrected chi connectivity index (χ0v) is 12.7. The number of pyridine rings is 1. The maximum absolute atomic E-state index is 6.94. The zero-order valence-electron chi connectivity index (χ0n) is 11.1. The van der Waals surface area contributed by atoms with E-state index in [0.29, 0.717) is 5.92 Å². The fraction of sp³-hybridized carbons (Fsp3) is 0.643. The Bertz CT molecular complexity index is 356. The van der Waals surface area contributed by atoms with Crippen LogP contribution >= 0.6 is 24.0 Å². The van der Waals surface area contributed by atoms with E-state index in [2.05, 4.69) is 30.0 Å². The Hall–Kier alpha value is -0.310. The van der Waals surface area contributed by atoms with Crippen molar-refractivity contribution in [3.05, 3.63) is 30.1 Å². The molecule has 2 rings (SSSR count). The lowest BCUT2D eigenvalue weighted by Gasteiger charge is -2.40. The van der Waals surface area contributed by atoms with Crippen LogP contribution in [0.25, 0.3) is 0 Å². The normalized spacial score (nSPS) is 27.9. The molecule has 0 aliphatic heterocycles. The molecule has 2 nitrogen and oxygen atoms in total. The molecule has 0 aromatic carbocycles. The monoisotopic (exact) mass is 288 g/mol. The highest BCUT2D eigenvalue weighted by Gasteiger charge is 2.40. The maximum atomic E-state index is 6.94. The fourth-order valence-corrected chi connectivity index (χ4v) is 3.29. The van der Waals surface area contributed by atoms with Crippen LogP contribution in [0.1, 0.15) is 31.2 Å². The van der Waals surface area contributed by atoms with Crippen molar-refractivity contribution in [2.45, 2.75) is 30.6 Å². The molecular formula is C14H22Cl2N2. The number of halogens is 2. The fourth-order valence-electron chi connectivity index (χ4n) is 2.87. The van der Waals surface area contributed by atoms with Gasteiger partial charge < -0.3 is 4.90 Å². The minimum atomic E-state index is -0.212. The molecule has 0 radical (unpaired) electrons. The van der Waals surface area contributed by atoms with Crippen molar-refractivity contribution in [3.8, 4) is 0 Å². The van der Waals surface area contributed by atoms with Gasteiger partial charge in [0.2, 0.25) is 0 Å². The van der Waals surface area contributed by atoms with Crippen LogP contribution in [-0.2, 0) is 4.87 Å². The third-order valence-electron chi connectivity index (χ3n) is 3.72. The van der Waals surface area contributed by atoms with E-state index in [0.717, 1.165) is 13.0 Å². The molecule has 0 bridgehead atoms. The van der Waals surface area contributed by atoms with Crippen molar-refractivity contribution in [3.63, 3.8) is 0 Å². The third kappa shape index (κ3) is 3.37. The topological polar surface area (TPSA) is 16.1 Å². The van der Waals surface area contributed by atoms with Crippen LogP contribution in [0.2, 0.25) is 0 Å². The average molecular weight is 289 g/mol. The molecule has 18 heavy (non-hydrogen) atoms. The number of aromatic nitrogens is 1. The summed E-state index contributed by atoms with van der Waals surface area (Å²) < 4.78 is 0. The molecule has 1 fully saturated rings. The number of alkyl halides is 1. The van der Waals surface area contributed by atoms with E-state index in [9.17, 15) is 0 Å². The highest BCUT2D eigenvalue weighted by Crippen LogP contribution is 2.47. The first-order chi connectivity index (χ1) is 8.13. The Balaban J connectivity index is 0.00000162. The van der Waals surface area contributed by atoms with Crippen molar-refractivity contribution in [2.75, 3.05) is 20.6 Å². The van der Waals surface area contributed by atoms with E-state index in [1.54, 1.807) is 0 Å². The first kappa shape index (κ1) is 15.7. The number of hydrogen-bond donors (Lipinski definition) is 0.